The molecule has 0 aromatic heterocycles. The molecule has 2 rings (SSSR count). The van der Waals surface area contributed by atoms with Gasteiger partial charge in [-0.3, -0.25) is 4.79 Å². The van der Waals surface area contributed by atoms with Gasteiger partial charge in [0, 0.05) is 6.54 Å². The summed E-state index contributed by atoms with van der Waals surface area (Å²) in [6.07, 6.45) is 2.06. The Morgan fingerprint density at radius 3 is 2.74 bits per heavy atom. The Balaban J connectivity index is 1.91. The minimum atomic E-state index is 0.0281. The molecule has 1 aromatic rings. The molecule has 1 aromatic carbocycles. The van der Waals surface area contributed by atoms with Gasteiger partial charge in [-0.1, -0.05) is 12.1 Å². The largest absolute Gasteiger partial charge is 0.497 e. The fourth-order valence-corrected chi connectivity index (χ4v) is 2.38. The van der Waals surface area contributed by atoms with Gasteiger partial charge in [0.15, 0.2) is 0 Å². The van der Waals surface area contributed by atoms with Gasteiger partial charge in [-0.25, -0.2) is 0 Å². The van der Waals surface area contributed by atoms with Crippen molar-refractivity contribution in [2.45, 2.75) is 25.8 Å². The van der Waals surface area contributed by atoms with Crippen LogP contribution in [0.5, 0.6) is 5.75 Å². The lowest BCUT2D eigenvalue weighted by molar-refractivity contribution is -0.126. The van der Waals surface area contributed by atoms with Crippen molar-refractivity contribution < 1.29 is 9.53 Å². The minimum Gasteiger partial charge on any atom is -0.497 e. The van der Waals surface area contributed by atoms with Crippen LogP contribution in [0.2, 0.25) is 0 Å². The molecule has 2 atom stereocenters. The van der Waals surface area contributed by atoms with Gasteiger partial charge in [-0.05, 0) is 44.0 Å². The lowest BCUT2D eigenvalue weighted by atomic mass is 9.98. The zero-order valence-electron chi connectivity index (χ0n) is 11.6. The second-order valence-electron chi connectivity index (χ2n) is 5.05. The molecule has 104 valence electrons. The molecule has 19 heavy (non-hydrogen) atoms. The number of amides is 1. The average molecular weight is 262 g/mol. The van der Waals surface area contributed by atoms with Crippen molar-refractivity contribution in [3.63, 3.8) is 0 Å². The summed E-state index contributed by atoms with van der Waals surface area (Å²) in [5.41, 5.74) is 1.10. The first-order chi connectivity index (χ1) is 9.20. The molecular formula is C15H22N2O2. The second kappa shape index (κ2) is 6.57. The number of rotatable bonds is 4. The van der Waals surface area contributed by atoms with Crippen LogP contribution in [0.1, 0.15) is 31.4 Å². The molecule has 4 nitrogen and oxygen atoms in total. The van der Waals surface area contributed by atoms with E-state index >= 15 is 0 Å². The maximum absolute atomic E-state index is 12.1. The summed E-state index contributed by atoms with van der Waals surface area (Å²) in [5, 5.41) is 6.35. The Bertz CT molecular complexity index is 411. The number of carbonyl (C=O) groups excluding carboxylic acids is 1. The van der Waals surface area contributed by atoms with Crippen LogP contribution in [0.4, 0.5) is 0 Å². The van der Waals surface area contributed by atoms with Crippen LogP contribution >= 0.6 is 0 Å². The van der Waals surface area contributed by atoms with Gasteiger partial charge in [-0.15, -0.1) is 0 Å². The van der Waals surface area contributed by atoms with Crippen molar-refractivity contribution in [2.24, 2.45) is 5.92 Å². The summed E-state index contributed by atoms with van der Waals surface area (Å²) in [6.45, 7) is 3.83. The van der Waals surface area contributed by atoms with Crippen LogP contribution < -0.4 is 15.4 Å². The molecule has 0 spiro atoms. The number of nitrogens with one attached hydrogen (secondary N) is 2. The van der Waals surface area contributed by atoms with Gasteiger partial charge >= 0.3 is 0 Å². The van der Waals surface area contributed by atoms with Crippen LogP contribution in [0.25, 0.3) is 0 Å². The topological polar surface area (TPSA) is 50.4 Å². The quantitative estimate of drug-likeness (QED) is 0.871. The number of ether oxygens (including phenoxy) is 1. The third kappa shape index (κ3) is 3.70. The van der Waals surface area contributed by atoms with Gasteiger partial charge in [0.1, 0.15) is 5.75 Å². The number of benzene rings is 1. The van der Waals surface area contributed by atoms with Gasteiger partial charge < -0.3 is 15.4 Å². The molecule has 0 bridgehead atoms. The molecule has 1 heterocycles. The van der Waals surface area contributed by atoms with Crippen LogP contribution in [0, 0.1) is 5.92 Å². The van der Waals surface area contributed by atoms with Crippen molar-refractivity contribution in [1.29, 1.82) is 0 Å². The number of carbonyl (C=O) groups is 1. The van der Waals surface area contributed by atoms with E-state index in [1.54, 1.807) is 7.11 Å². The SMILES string of the molecule is COc1ccc(C(C)NC(=O)[C@H]2CCCNC2)cc1. The van der Waals surface area contributed by atoms with Crippen LogP contribution in [0.3, 0.4) is 0 Å². The molecule has 1 saturated heterocycles. The molecule has 0 aliphatic carbocycles. The van der Waals surface area contributed by atoms with Crippen molar-refractivity contribution in [2.75, 3.05) is 20.2 Å². The first kappa shape index (κ1) is 13.9. The van der Waals surface area contributed by atoms with E-state index < -0.39 is 0 Å². The predicted octanol–water partition coefficient (Wildman–Crippen LogP) is 1.87. The summed E-state index contributed by atoms with van der Waals surface area (Å²) in [7, 11) is 1.65. The Hall–Kier alpha value is -1.55. The van der Waals surface area contributed by atoms with E-state index in [9.17, 15) is 4.79 Å². The summed E-state index contributed by atoms with van der Waals surface area (Å²) < 4.78 is 5.13. The van der Waals surface area contributed by atoms with Gasteiger partial charge in [-0.2, -0.15) is 0 Å². The third-order valence-corrected chi connectivity index (χ3v) is 3.64. The number of hydrogen-bond donors (Lipinski definition) is 2. The lowest BCUT2D eigenvalue weighted by Gasteiger charge is -2.24. The van der Waals surface area contributed by atoms with Crippen molar-refractivity contribution >= 4 is 5.91 Å². The molecule has 2 N–H and O–H groups in total. The Kier molecular flexibility index (Phi) is 4.80. The number of methoxy groups -OCH3 is 1. The highest BCUT2D eigenvalue weighted by molar-refractivity contribution is 5.79. The molecule has 0 radical (unpaired) electrons. The Morgan fingerprint density at radius 2 is 2.16 bits per heavy atom. The highest BCUT2D eigenvalue weighted by Gasteiger charge is 2.22. The number of piperidine rings is 1. The Labute approximate surface area is 114 Å². The fraction of sp³-hybridized carbons (Fsp3) is 0.533. The van der Waals surface area contributed by atoms with E-state index in [1.165, 1.54) is 0 Å². The Morgan fingerprint density at radius 1 is 1.42 bits per heavy atom. The summed E-state index contributed by atoms with van der Waals surface area (Å²) in [5.74, 6) is 1.09. The van der Waals surface area contributed by atoms with E-state index in [2.05, 4.69) is 10.6 Å². The molecule has 0 saturated carbocycles. The monoisotopic (exact) mass is 262 g/mol. The van der Waals surface area contributed by atoms with Crippen molar-refractivity contribution in [3.05, 3.63) is 29.8 Å². The minimum absolute atomic E-state index is 0.0281. The van der Waals surface area contributed by atoms with Gasteiger partial charge in [0.2, 0.25) is 5.91 Å². The lowest BCUT2D eigenvalue weighted by Crippen LogP contribution is -2.41. The molecular weight excluding hydrogens is 240 g/mol. The predicted molar refractivity (Wildman–Crippen MR) is 75.1 cm³/mol. The first-order valence-electron chi connectivity index (χ1n) is 6.85. The van der Waals surface area contributed by atoms with Gasteiger partial charge in [0.05, 0.1) is 19.1 Å². The van der Waals surface area contributed by atoms with E-state index in [0.717, 1.165) is 37.2 Å². The smallest absolute Gasteiger partial charge is 0.224 e. The number of hydrogen-bond acceptors (Lipinski definition) is 3. The van der Waals surface area contributed by atoms with Crippen LogP contribution in [-0.2, 0) is 4.79 Å². The summed E-state index contributed by atoms with van der Waals surface area (Å²) in [4.78, 5) is 12.1. The summed E-state index contributed by atoms with van der Waals surface area (Å²) in [6, 6.07) is 7.84. The van der Waals surface area contributed by atoms with E-state index in [-0.39, 0.29) is 17.9 Å². The fourth-order valence-electron chi connectivity index (χ4n) is 2.38. The molecule has 1 aliphatic heterocycles. The average Bonchev–Trinajstić information content (AvgIpc) is 2.48. The molecule has 1 unspecified atom stereocenters. The first-order valence-corrected chi connectivity index (χ1v) is 6.85. The standard InChI is InChI=1S/C15H22N2O2/c1-11(12-5-7-14(19-2)8-6-12)17-15(18)13-4-3-9-16-10-13/h5-8,11,13,16H,3-4,9-10H2,1-2H3,(H,17,18)/t11?,13-/m0/s1. The van der Waals surface area contributed by atoms with E-state index in [1.807, 2.05) is 31.2 Å². The zero-order chi connectivity index (χ0) is 13.7. The summed E-state index contributed by atoms with van der Waals surface area (Å²) >= 11 is 0. The molecule has 1 aliphatic rings. The third-order valence-electron chi connectivity index (χ3n) is 3.64. The normalized spacial score (nSPS) is 20.6. The maximum atomic E-state index is 12.1. The second-order valence-corrected chi connectivity index (χ2v) is 5.05. The van der Waals surface area contributed by atoms with Crippen LogP contribution in [0.15, 0.2) is 24.3 Å². The molecule has 4 heteroatoms. The highest BCUT2D eigenvalue weighted by Crippen LogP contribution is 2.18. The van der Waals surface area contributed by atoms with Gasteiger partial charge in [0.25, 0.3) is 0 Å². The van der Waals surface area contributed by atoms with E-state index in [0.29, 0.717) is 0 Å². The maximum Gasteiger partial charge on any atom is 0.224 e. The highest BCUT2D eigenvalue weighted by atomic mass is 16.5. The zero-order valence-corrected chi connectivity index (χ0v) is 11.6. The van der Waals surface area contributed by atoms with Crippen molar-refractivity contribution in [1.82, 2.24) is 10.6 Å². The van der Waals surface area contributed by atoms with Crippen LogP contribution in [-0.4, -0.2) is 26.1 Å². The molecule has 1 amide bonds. The van der Waals surface area contributed by atoms with Crippen molar-refractivity contribution in [3.8, 4) is 5.75 Å². The molecule has 1 fully saturated rings. The van der Waals surface area contributed by atoms with E-state index in [4.69, 9.17) is 4.74 Å².